The van der Waals surface area contributed by atoms with Gasteiger partial charge < -0.3 is 15.0 Å². The number of esters is 1. The zero-order valence-electron chi connectivity index (χ0n) is 10.2. The molecule has 0 aliphatic rings. The van der Waals surface area contributed by atoms with Crippen LogP contribution in [0.15, 0.2) is 12.0 Å². The summed E-state index contributed by atoms with van der Waals surface area (Å²) < 4.78 is 5.00. The van der Waals surface area contributed by atoms with Gasteiger partial charge in [-0.1, -0.05) is 6.92 Å². The lowest BCUT2D eigenvalue weighted by Crippen LogP contribution is -2.23. The molecule has 0 saturated heterocycles. The molecule has 0 bridgehead atoms. The van der Waals surface area contributed by atoms with Gasteiger partial charge in [0, 0.05) is 13.5 Å². The van der Waals surface area contributed by atoms with Gasteiger partial charge in [0.1, 0.15) is 0 Å². The lowest BCUT2D eigenvalue weighted by atomic mass is 10.4. The van der Waals surface area contributed by atoms with E-state index < -0.39 is 0 Å². The van der Waals surface area contributed by atoms with Gasteiger partial charge >= 0.3 is 5.97 Å². The third-order valence-electron chi connectivity index (χ3n) is 1.72. The molecule has 0 radical (unpaired) electrons. The van der Waals surface area contributed by atoms with E-state index in [1.807, 2.05) is 27.1 Å². The van der Waals surface area contributed by atoms with Crippen molar-refractivity contribution >= 4 is 5.97 Å². The summed E-state index contributed by atoms with van der Waals surface area (Å²) in [5.41, 5.74) is 0. The first kappa shape index (κ1) is 14.0. The Morgan fingerprint density at radius 1 is 1.47 bits per heavy atom. The maximum Gasteiger partial charge on any atom is 0.309 e. The Morgan fingerprint density at radius 2 is 2.13 bits per heavy atom. The molecule has 0 atom stereocenters. The zero-order valence-corrected chi connectivity index (χ0v) is 10.2. The summed E-state index contributed by atoms with van der Waals surface area (Å²) >= 11 is 0. The normalized spacial score (nSPS) is 11.7. The van der Waals surface area contributed by atoms with Crippen LogP contribution in [0.4, 0.5) is 0 Å². The molecule has 4 nitrogen and oxygen atoms in total. The van der Waals surface area contributed by atoms with Crippen LogP contribution in [0.2, 0.25) is 0 Å². The van der Waals surface area contributed by atoms with Crippen molar-refractivity contribution in [3.05, 3.63) is 12.0 Å². The van der Waals surface area contributed by atoms with E-state index in [1.54, 1.807) is 0 Å². The van der Waals surface area contributed by atoms with Gasteiger partial charge in [-0.05, 0) is 39.6 Å². The summed E-state index contributed by atoms with van der Waals surface area (Å²) in [6, 6.07) is 0. The number of ether oxygens (including phenoxy) is 1. The summed E-state index contributed by atoms with van der Waals surface area (Å²) in [5.74, 6) is 0.290. The lowest BCUT2D eigenvalue weighted by Gasteiger charge is -2.12. The average Bonchev–Trinajstić information content (AvgIpc) is 2.11. The molecule has 4 heteroatoms. The third kappa shape index (κ3) is 9.28. The lowest BCUT2D eigenvalue weighted by molar-refractivity contribution is -0.137. The number of allylic oxidation sites excluding steroid dienone is 1. The van der Waals surface area contributed by atoms with E-state index in [-0.39, 0.29) is 5.97 Å². The fourth-order valence-corrected chi connectivity index (χ4v) is 1.10. The maximum atomic E-state index is 10.8. The van der Waals surface area contributed by atoms with E-state index in [2.05, 4.69) is 10.2 Å². The smallest absolute Gasteiger partial charge is 0.309 e. The quantitative estimate of drug-likeness (QED) is 0.394. The molecule has 88 valence electrons. The minimum absolute atomic E-state index is 0.283. The van der Waals surface area contributed by atoms with Gasteiger partial charge in [-0.15, -0.1) is 0 Å². The molecule has 0 heterocycles. The van der Waals surface area contributed by atoms with Crippen molar-refractivity contribution < 1.29 is 9.53 Å². The standard InChI is InChI=1S/C11H22N2O2/c1-5-7-11(15-10(2)14)12-8-6-9-13(3)4/h7,12H,5-6,8-9H2,1-4H3/b11-7-. The number of rotatable bonds is 7. The summed E-state index contributed by atoms with van der Waals surface area (Å²) in [5, 5.41) is 3.10. The highest BCUT2D eigenvalue weighted by atomic mass is 16.5. The highest BCUT2D eigenvalue weighted by Gasteiger charge is 2.00. The van der Waals surface area contributed by atoms with Gasteiger partial charge in [0.2, 0.25) is 0 Å². The molecule has 0 amide bonds. The SMILES string of the molecule is CC/C=C(/NCCCN(C)C)OC(C)=O. The molecule has 0 spiro atoms. The molecule has 0 aliphatic carbocycles. The molecule has 0 aromatic heterocycles. The van der Waals surface area contributed by atoms with Crippen LogP contribution in [0.25, 0.3) is 0 Å². The Bertz CT molecular complexity index is 213. The van der Waals surface area contributed by atoms with Crippen LogP contribution < -0.4 is 5.32 Å². The summed E-state index contributed by atoms with van der Waals surface area (Å²) in [6.07, 6.45) is 3.75. The monoisotopic (exact) mass is 214 g/mol. The minimum Gasteiger partial charge on any atom is -0.410 e. The summed E-state index contributed by atoms with van der Waals surface area (Å²) in [6.45, 7) is 5.25. The molecule has 0 aromatic rings. The third-order valence-corrected chi connectivity index (χ3v) is 1.72. The number of nitrogens with zero attached hydrogens (tertiary/aromatic N) is 1. The fourth-order valence-electron chi connectivity index (χ4n) is 1.10. The van der Waals surface area contributed by atoms with Gasteiger partial charge in [0.25, 0.3) is 0 Å². The zero-order chi connectivity index (χ0) is 11.7. The van der Waals surface area contributed by atoms with E-state index in [9.17, 15) is 4.79 Å². The molecular weight excluding hydrogens is 192 g/mol. The van der Waals surface area contributed by atoms with Gasteiger partial charge in [0.05, 0.1) is 0 Å². The summed E-state index contributed by atoms with van der Waals surface area (Å²) in [4.78, 5) is 12.9. The fraction of sp³-hybridized carbons (Fsp3) is 0.727. The van der Waals surface area contributed by atoms with Crippen molar-refractivity contribution in [3.8, 4) is 0 Å². The molecule has 1 N–H and O–H groups in total. The highest BCUT2D eigenvalue weighted by Crippen LogP contribution is 1.96. The second-order valence-electron chi connectivity index (χ2n) is 3.65. The van der Waals surface area contributed by atoms with Crippen LogP contribution >= 0.6 is 0 Å². The van der Waals surface area contributed by atoms with Crippen LogP contribution in [0.5, 0.6) is 0 Å². The first-order valence-corrected chi connectivity index (χ1v) is 5.33. The minimum atomic E-state index is -0.283. The van der Waals surface area contributed by atoms with Gasteiger partial charge in [-0.2, -0.15) is 0 Å². The maximum absolute atomic E-state index is 10.8. The molecule has 0 rings (SSSR count). The molecule has 0 aromatic carbocycles. The molecule has 0 unspecified atom stereocenters. The highest BCUT2D eigenvalue weighted by molar-refractivity contribution is 5.67. The predicted molar refractivity (Wildman–Crippen MR) is 61.3 cm³/mol. The van der Waals surface area contributed by atoms with Crippen LogP contribution in [0.3, 0.4) is 0 Å². The second-order valence-corrected chi connectivity index (χ2v) is 3.65. The molecule has 0 fully saturated rings. The number of nitrogens with one attached hydrogen (secondary N) is 1. The van der Waals surface area contributed by atoms with E-state index in [0.717, 1.165) is 25.9 Å². The second kappa shape index (κ2) is 8.29. The van der Waals surface area contributed by atoms with Gasteiger partial charge in [-0.25, -0.2) is 0 Å². The molecule has 0 saturated carbocycles. The molecular formula is C11H22N2O2. The van der Waals surface area contributed by atoms with Crippen molar-refractivity contribution in [1.82, 2.24) is 10.2 Å². The number of carbonyl (C=O) groups excluding carboxylic acids is 1. The van der Waals surface area contributed by atoms with Crippen molar-refractivity contribution in [3.63, 3.8) is 0 Å². The Kier molecular flexibility index (Phi) is 7.72. The average molecular weight is 214 g/mol. The van der Waals surface area contributed by atoms with E-state index >= 15 is 0 Å². The summed E-state index contributed by atoms with van der Waals surface area (Å²) in [7, 11) is 4.07. The Balaban J connectivity index is 3.77. The van der Waals surface area contributed by atoms with Crippen LogP contribution in [0.1, 0.15) is 26.7 Å². The van der Waals surface area contributed by atoms with Gasteiger partial charge in [-0.3, -0.25) is 4.79 Å². The Labute approximate surface area is 92.3 Å². The number of carbonyl (C=O) groups is 1. The van der Waals surface area contributed by atoms with E-state index in [1.165, 1.54) is 6.92 Å². The van der Waals surface area contributed by atoms with Gasteiger partial charge in [0.15, 0.2) is 5.88 Å². The van der Waals surface area contributed by atoms with Crippen LogP contribution in [-0.2, 0) is 9.53 Å². The molecule has 0 aliphatic heterocycles. The van der Waals surface area contributed by atoms with E-state index in [4.69, 9.17) is 4.74 Å². The molecule has 15 heavy (non-hydrogen) atoms. The van der Waals surface area contributed by atoms with Crippen LogP contribution in [-0.4, -0.2) is 38.1 Å². The predicted octanol–water partition coefficient (Wildman–Crippen LogP) is 1.34. The van der Waals surface area contributed by atoms with E-state index in [0.29, 0.717) is 5.88 Å². The van der Waals surface area contributed by atoms with Crippen molar-refractivity contribution in [1.29, 1.82) is 0 Å². The first-order chi connectivity index (χ1) is 7.06. The Hall–Kier alpha value is -1.03. The number of hydrogen-bond acceptors (Lipinski definition) is 4. The van der Waals surface area contributed by atoms with Crippen molar-refractivity contribution in [2.24, 2.45) is 0 Å². The largest absolute Gasteiger partial charge is 0.410 e. The van der Waals surface area contributed by atoms with Crippen molar-refractivity contribution in [2.45, 2.75) is 26.7 Å². The first-order valence-electron chi connectivity index (χ1n) is 5.33. The number of hydrogen-bond donors (Lipinski definition) is 1. The Morgan fingerprint density at radius 3 is 2.60 bits per heavy atom. The van der Waals surface area contributed by atoms with Crippen LogP contribution in [0, 0.1) is 0 Å². The van der Waals surface area contributed by atoms with Crippen molar-refractivity contribution in [2.75, 3.05) is 27.2 Å². The topological polar surface area (TPSA) is 41.6 Å².